The maximum absolute atomic E-state index is 5.48. The van der Waals surface area contributed by atoms with Crippen molar-refractivity contribution >= 4 is 29.6 Å². The Morgan fingerprint density at radius 2 is 2.27 bits per heavy atom. The second-order valence-electron chi connectivity index (χ2n) is 2.23. The van der Waals surface area contributed by atoms with E-state index in [0.29, 0.717) is 0 Å². The monoisotopic (exact) mass is 184 g/mol. The number of benzene rings is 1. The van der Waals surface area contributed by atoms with E-state index in [9.17, 15) is 0 Å². The molecule has 0 bridgehead atoms. The van der Waals surface area contributed by atoms with Gasteiger partial charge in [-0.2, -0.15) is 0 Å². The molecule has 0 fully saturated rings. The predicted octanol–water partition coefficient (Wildman–Crippen LogP) is 2.08. The summed E-state index contributed by atoms with van der Waals surface area (Å²) in [5.74, 6) is 0.959. The molecule has 0 aromatic heterocycles. The molecular weight excluding hydrogens is 176 g/mol. The van der Waals surface area contributed by atoms with Gasteiger partial charge >= 0.3 is 0 Å². The molecule has 1 aliphatic heterocycles. The van der Waals surface area contributed by atoms with Crippen LogP contribution in [0.1, 0.15) is 0 Å². The van der Waals surface area contributed by atoms with Crippen molar-refractivity contribution in [1.29, 1.82) is 0 Å². The van der Waals surface area contributed by atoms with E-state index in [1.165, 1.54) is 22.7 Å². The van der Waals surface area contributed by atoms with Crippen molar-refractivity contribution in [3.63, 3.8) is 0 Å². The number of nitrogens with zero attached hydrogens (tertiary/aromatic N) is 1. The smallest absolute Gasteiger partial charge is 0.0810 e. The first-order valence-electron chi connectivity index (χ1n) is 3.28. The van der Waals surface area contributed by atoms with Crippen LogP contribution in [0.2, 0.25) is 0 Å². The number of anilines is 1. The third-order valence-corrected chi connectivity index (χ3v) is 3.39. The van der Waals surface area contributed by atoms with Crippen LogP contribution in [-0.4, -0.2) is 5.88 Å². The zero-order valence-electron chi connectivity index (χ0n) is 5.86. The fraction of sp³-hybridized carbons (Fsp3) is 0.143. The Hall–Kier alpha value is -0.320. The molecule has 0 aliphatic carbocycles. The predicted molar refractivity (Wildman–Crippen MR) is 51.4 cm³/mol. The minimum Gasteiger partial charge on any atom is -0.292 e. The van der Waals surface area contributed by atoms with E-state index in [1.54, 1.807) is 0 Å². The van der Waals surface area contributed by atoms with Gasteiger partial charge in [0, 0.05) is 17.0 Å². The molecule has 1 aromatic carbocycles. The number of hydrogen-bond acceptors (Lipinski definition) is 4. The Kier molecular flexibility index (Phi) is 1.98. The van der Waals surface area contributed by atoms with Gasteiger partial charge in [0.25, 0.3) is 0 Å². The fourth-order valence-corrected chi connectivity index (χ4v) is 2.70. The van der Waals surface area contributed by atoms with Gasteiger partial charge in [-0.1, -0.05) is 12.1 Å². The van der Waals surface area contributed by atoms with Crippen LogP contribution in [0.15, 0.2) is 29.2 Å². The summed E-state index contributed by atoms with van der Waals surface area (Å²) in [6, 6.07) is 8.30. The molecule has 1 heterocycles. The zero-order chi connectivity index (χ0) is 7.68. The summed E-state index contributed by atoms with van der Waals surface area (Å²) in [4.78, 5) is 1.32. The molecule has 2 nitrogen and oxygen atoms in total. The molecular formula is C7H8N2S2. The Morgan fingerprint density at radius 1 is 1.45 bits per heavy atom. The number of hydrogen-bond donors (Lipinski definition) is 1. The molecule has 1 aliphatic rings. The van der Waals surface area contributed by atoms with E-state index in [1.807, 2.05) is 17.8 Å². The molecule has 0 atom stereocenters. The molecule has 0 unspecified atom stereocenters. The van der Waals surface area contributed by atoms with Gasteiger partial charge in [-0.15, -0.1) is 11.8 Å². The van der Waals surface area contributed by atoms with E-state index in [4.69, 9.17) is 5.14 Å². The molecule has 0 spiro atoms. The van der Waals surface area contributed by atoms with Crippen molar-refractivity contribution in [2.24, 2.45) is 5.14 Å². The van der Waals surface area contributed by atoms with Gasteiger partial charge < -0.3 is 0 Å². The lowest BCUT2D eigenvalue weighted by atomic mass is 10.3. The lowest BCUT2D eigenvalue weighted by Gasteiger charge is -2.11. The van der Waals surface area contributed by atoms with Gasteiger partial charge in [0.15, 0.2) is 0 Å². The SMILES string of the molecule is NSN1CSc2ccccc21. The minimum absolute atomic E-state index is 0.959. The van der Waals surface area contributed by atoms with Crippen LogP contribution in [0, 0.1) is 0 Å². The summed E-state index contributed by atoms with van der Waals surface area (Å²) in [5, 5.41) is 5.48. The van der Waals surface area contributed by atoms with Crippen molar-refractivity contribution in [3.8, 4) is 0 Å². The largest absolute Gasteiger partial charge is 0.292 e. The fourth-order valence-electron chi connectivity index (χ4n) is 1.07. The molecule has 11 heavy (non-hydrogen) atoms. The number of fused-ring (bicyclic) bond motifs is 1. The van der Waals surface area contributed by atoms with Gasteiger partial charge in [-0.25, -0.2) is 0 Å². The summed E-state index contributed by atoms with van der Waals surface area (Å²) < 4.78 is 2.08. The second-order valence-corrected chi connectivity index (χ2v) is 3.86. The number of nitrogens with two attached hydrogens (primary N) is 1. The van der Waals surface area contributed by atoms with Crippen LogP contribution in [0.3, 0.4) is 0 Å². The van der Waals surface area contributed by atoms with Crippen molar-refractivity contribution in [2.75, 3.05) is 10.2 Å². The minimum atomic E-state index is 0.959. The molecule has 58 valence electrons. The first-order valence-corrected chi connectivity index (χ1v) is 5.10. The second kappa shape index (κ2) is 2.97. The maximum Gasteiger partial charge on any atom is 0.0810 e. The van der Waals surface area contributed by atoms with Crippen LogP contribution in [0.25, 0.3) is 0 Å². The molecule has 2 rings (SSSR count). The Morgan fingerprint density at radius 3 is 3.09 bits per heavy atom. The average molecular weight is 184 g/mol. The van der Waals surface area contributed by atoms with Crippen LogP contribution in [-0.2, 0) is 0 Å². The van der Waals surface area contributed by atoms with Crippen LogP contribution in [0.5, 0.6) is 0 Å². The number of rotatable bonds is 1. The third-order valence-electron chi connectivity index (χ3n) is 1.60. The highest BCUT2D eigenvalue weighted by Crippen LogP contribution is 2.40. The van der Waals surface area contributed by atoms with Gasteiger partial charge in [-0.3, -0.25) is 9.44 Å². The highest BCUT2D eigenvalue weighted by molar-refractivity contribution is 8.03. The van der Waals surface area contributed by atoms with Crippen LogP contribution in [0.4, 0.5) is 5.69 Å². The zero-order valence-corrected chi connectivity index (χ0v) is 7.49. The number of thioether (sulfide) groups is 1. The van der Waals surface area contributed by atoms with E-state index in [2.05, 4.69) is 22.5 Å². The Labute approximate surface area is 74.4 Å². The lowest BCUT2D eigenvalue weighted by Crippen LogP contribution is -2.11. The van der Waals surface area contributed by atoms with Gasteiger partial charge in [-0.05, 0) is 12.1 Å². The summed E-state index contributed by atoms with van der Waals surface area (Å²) >= 11 is 3.11. The van der Waals surface area contributed by atoms with E-state index in [0.717, 1.165) is 5.88 Å². The topological polar surface area (TPSA) is 29.3 Å². The molecule has 1 aromatic rings. The van der Waals surface area contributed by atoms with E-state index in [-0.39, 0.29) is 0 Å². The molecule has 4 heteroatoms. The first-order chi connectivity index (χ1) is 5.42. The molecule has 0 amide bonds. The van der Waals surface area contributed by atoms with Crippen LogP contribution < -0.4 is 9.44 Å². The normalized spacial score (nSPS) is 15.2. The third kappa shape index (κ3) is 1.21. The molecule has 0 saturated heterocycles. The van der Waals surface area contributed by atoms with Crippen LogP contribution >= 0.6 is 23.9 Å². The summed E-state index contributed by atoms with van der Waals surface area (Å²) in [5.41, 5.74) is 1.24. The number of para-hydroxylation sites is 1. The lowest BCUT2D eigenvalue weighted by molar-refractivity contribution is 1.31. The van der Waals surface area contributed by atoms with Crippen molar-refractivity contribution in [1.82, 2.24) is 0 Å². The summed E-state index contributed by atoms with van der Waals surface area (Å²) in [6.07, 6.45) is 0. The van der Waals surface area contributed by atoms with Crippen molar-refractivity contribution < 1.29 is 0 Å². The Bertz CT molecular complexity index is 264. The molecule has 2 N–H and O–H groups in total. The van der Waals surface area contributed by atoms with E-state index >= 15 is 0 Å². The standard InChI is InChI=1S/C7H8N2S2/c8-11-9-5-10-7-4-2-1-3-6(7)9/h1-4H,5,8H2. The highest BCUT2D eigenvalue weighted by Gasteiger charge is 2.17. The molecule has 0 saturated carbocycles. The van der Waals surface area contributed by atoms with E-state index < -0.39 is 0 Å². The van der Waals surface area contributed by atoms with Gasteiger partial charge in [0.1, 0.15) is 0 Å². The van der Waals surface area contributed by atoms with Crippen molar-refractivity contribution in [3.05, 3.63) is 24.3 Å². The summed E-state index contributed by atoms with van der Waals surface area (Å²) in [6.45, 7) is 0. The average Bonchev–Trinajstić information content (AvgIpc) is 2.47. The van der Waals surface area contributed by atoms with Crippen molar-refractivity contribution in [2.45, 2.75) is 4.90 Å². The molecule has 0 radical (unpaired) electrons. The highest BCUT2D eigenvalue weighted by atomic mass is 32.2. The maximum atomic E-state index is 5.48. The Balaban J connectivity index is 2.39. The quantitative estimate of drug-likeness (QED) is 0.677. The van der Waals surface area contributed by atoms with Gasteiger partial charge in [0.2, 0.25) is 0 Å². The first kappa shape index (κ1) is 7.34. The van der Waals surface area contributed by atoms with Gasteiger partial charge in [0.05, 0.1) is 11.6 Å². The summed E-state index contributed by atoms with van der Waals surface area (Å²) in [7, 11) is 0.